The van der Waals surface area contributed by atoms with E-state index in [1.165, 1.54) is 16.7 Å². The third-order valence-corrected chi connectivity index (χ3v) is 3.78. The van der Waals surface area contributed by atoms with Gasteiger partial charge >= 0.3 is 0 Å². The lowest BCUT2D eigenvalue weighted by atomic mass is 9.96. The Labute approximate surface area is 121 Å². The van der Waals surface area contributed by atoms with Crippen molar-refractivity contribution in [3.63, 3.8) is 0 Å². The van der Waals surface area contributed by atoms with Crippen LogP contribution in [-0.2, 0) is 6.42 Å². The van der Waals surface area contributed by atoms with Crippen molar-refractivity contribution >= 4 is 0 Å². The Balaban J connectivity index is 2.35. The largest absolute Gasteiger partial charge is 0.496 e. The molecule has 0 heterocycles. The second kappa shape index (κ2) is 6.58. The molecule has 20 heavy (non-hydrogen) atoms. The summed E-state index contributed by atoms with van der Waals surface area (Å²) in [4.78, 5) is 0. The van der Waals surface area contributed by atoms with Crippen LogP contribution in [0.25, 0.3) is 0 Å². The highest BCUT2D eigenvalue weighted by molar-refractivity contribution is 5.41. The van der Waals surface area contributed by atoms with Crippen LogP contribution in [0.2, 0.25) is 0 Å². The molecule has 0 aliphatic heterocycles. The fraction of sp³-hybridized carbons (Fsp3) is 0.333. The molecule has 0 saturated carbocycles. The first-order valence-electron chi connectivity index (χ1n) is 7.10. The standard InChI is InChI=1S/C18H23NO/c1-5-14-7-10-15(11-8-14)18(19-3)16-9-6-13(2)17(12-16)20-4/h6-12,18-19H,5H2,1-4H3. The van der Waals surface area contributed by atoms with Gasteiger partial charge in [-0.25, -0.2) is 0 Å². The molecule has 1 unspecified atom stereocenters. The molecular weight excluding hydrogens is 246 g/mol. The smallest absolute Gasteiger partial charge is 0.122 e. The summed E-state index contributed by atoms with van der Waals surface area (Å²) in [5, 5.41) is 3.39. The Morgan fingerprint density at radius 2 is 1.70 bits per heavy atom. The summed E-state index contributed by atoms with van der Waals surface area (Å²) in [7, 11) is 3.71. The molecule has 2 aromatic rings. The summed E-state index contributed by atoms with van der Waals surface area (Å²) in [6, 6.07) is 15.4. The van der Waals surface area contributed by atoms with Crippen LogP contribution < -0.4 is 10.1 Å². The Morgan fingerprint density at radius 3 is 2.25 bits per heavy atom. The lowest BCUT2D eigenvalue weighted by Crippen LogP contribution is -2.17. The van der Waals surface area contributed by atoms with Gasteiger partial charge in [-0.3, -0.25) is 0 Å². The molecule has 2 rings (SSSR count). The first-order valence-corrected chi connectivity index (χ1v) is 7.10. The molecule has 2 heteroatoms. The lowest BCUT2D eigenvalue weighted by Gasteiger charge is -2.19. The van der Waals surface area contributed by atoms with E-state index in [9.17, 15) is 0 Å². The molecule has 2 aromatic carbocycles. The summed E-state index contributed by atoms with van der Waals surface area (Å²) >= 11 is 0. The van der Waals surface area contributed by atoms with Gasteiger partial charge in [0.05, 0.1) is 13.2 Å². The highest BCUT2D eigenvalue weighted by Gasteiger charge is 2.13. The van der Waals surface area contributed by atoms with Crippen LogP contribution in [-0.4, -0.2) is 14.2 Å². The maximum Gasteiger partial charge on any atom is 0.122 e. The van der Waals surface area contributed by atoms with Crippen molar-refractivity contribution in [3.8, 4) is 5.75 Å². The number of nitrogens with one attached hydrogen (secondary N) is 1. The molecule has 2 nitrogen and oxygen atoms in total. The van der Waals surface area contributed by atoms with Crippen LogP contribution in [0.1, 0.15) is 35.2 Å². The molecule has 0 aromatic heterocycles. The summed E-state index contributed by atoms with van der Waals surface area (Å²) in [6.07, 6.45) is 1.07. The predicted molar refractivity (Wildman–Crippen MR) is 84.5 cm³/mol. The molecule has 0 spiro atoms. The fourth-order valence-corrected chi connectivity index (χ4v) is 2.49. The minimum atomic E-state index is 0.190. The van der Waals surface area contributed by atoms with Gasteiger partial charge in [-0.1, -0.05) is 43.3 Å². The van der Waals surface area contributed by atoms with Crippen molar-refractivity contribution in [2.45, 2.75) is 26.3 Å². The number of hydrogen-bond donors (Lipinski definition) is 1. The van der Waals surface area contributed by atoms with Gasteiger partial charge in [0.2, 0.25) is 0 Å². The third kappa shape index (κ3) is 3.02. The minimum Gasteiger partial charge on any atom is -0.496 e. The summed E-state index contributed by atoms with van der Waals surface area (Å²) in [5.41, 5.74) is 5.02. The Kier molecular flexibility index (Phi) is 4.80. The topological polar surface area (TPSA) is 21.3 Å². The normalized spacial score (nSPS) is 12.2. The highest BCUT2D eigenvalue weighted by Crippen LogP contribution is 2.27. The number of aryl methyl sites for hydroxylation is 2. The monoisotopic (exact) mass is 269 g/mol. The molecular formula is C18H23NO. The van der Waals surface area contributed by atoms with Crippen molar-refractivity contribution in [2.75, 3.05) is 14.2 Å². The zero-order valence-corrected chi connectivity index (χ0v) is 12.7. The van der Waals surface area contributed by atoms with Gasteiger partial charge < -0.3 is 10.1 Å². The molecule has 1 atom stereocenters. The lowest BCUT2D eigenvalue weighted by molar-refractivity contribution is 0.410. The van der Waals surface area contributed by atoms with Crippen LogP contribution in [0.5, 0.6) is 5.75 Å². The minimum absolute atomic E-state index is 0.190. The second-order valence-electron chi connectivity index (χ2n) is 5.05. The van der Waals surface area contributed by atoms with Crippen molar-refractivity contribution in [2.24, 2.45) is 0 Å². The van der Waals surface area contributed by atoms with Crippen LogP contribution in [0, 0.1) is 6.92 Å². The number of ether oxygens (including phenoxy) is 1. The molecule has 0 aliphatic rings. The third-order valence-electron chi connectivity index (χ3n) is 3.78. The molecule has 106 valence electrons. The van der Waals surface area contributed by atoms with E-state index in [0.717, 1.165) is 17.7 Å². The van der Waals surface area contributed by atoms with E-state index in [-0.39, 0.29) is 6.04 Å². The summed E-state index contributed by atoms with van der Waals surface area (Å²) in [6.45, 7) is 4.24. The van der Waals surface area contributed by atoms with Gasteiger partial charge in [0.15, 0.2) is 0 Å². The summed E-state index contributed by atoms with van der Waals surface area (Å²) < 4.78 is 5.42. The highest BCUT2D eigenvalue weighted by atomic mass is 16.5. The zero-order chi connectivity index (χ0) is 14.5. The Hall–Kier alpha value is -1.80. The van der Waals surface area contributed by atoms with Crippen LogP contribution in [0.4, 0.5) is 0 Å². The van der Waals surface area contributed by atoms with Gasteiger partial charge in [0, 0.05) is 0 Å². The Morgan fingerprint density at radius 1 is 1.05 bits per heavy atom. The van der Waals surface area contributed by atoms with E-state index in [1.54, 1.807) is 7.11 Å². The van der Waals surface area contributed by atoms with Crippen molar-refractivity contribution in [1.29, 1.82) is 0 Å². The van der Waals surface area contributed by atoms with E-state index in [0.29, 0.717) is 0 Å². The Bertz CT molecular complexity index is 560. The van der Waals surface area contributed by atoms with Gasteiger partial charge in [0.1, 0.15) is 5.75 Å². The average molecular weight is 269 g/mol. The van der Waals surface area contributed by atoms with Gasteiger partial charge in [-0.2, -0.15) is 0 Å². The molecule has 0 amide bonds. The fourth-order valence-electron chi connectivity index (χ4n) is 2.49. The van der Waals surface area contributed by atoms with Gasteiger partial charge in [0.25, 0.3) is 0 Å². The average Bonchev–Trinajstić information content (AvgIpc) is 2.50. The zero-order valence-electron chi connectivity index (χ0n) is 12.7. The molecule has 0 fully saturated rings. The summed E-state index contributed by atoms with van der Waals surface area (Å²) in [5.74, 6) is 0.938. The van der Waals surface area contributed by atoms with Crippen LogP contribution in [0.15, 0.2) is 42.5 Å². The predicted octanol–water partition coefficient (Wildman–Crippen LogP) is 3.87. The SMILES string of the molecule is CCc1ccc(C(NC)c2ccc(C)c(OC)c2)cc1. The maximum atomic E-state index is 5.42. The first-order chi connectivity index (χ1) is 9.69. The second-order valence-corrected chi connectivity index (χ2v) is 5.05. The van der Waals surface area contributed by atoms with E-state index in [2.05, 4.69) is 61.6 Å². The first kappa shape index (κ1) is 14.6. The molecule has 0 saturated heterocycles. The molecule has 0 radical (unpaired) electrons. The van der Waals surface area contributed by atoms with E-state index < -0.39 is 0 Å². The van der Waals surface area contributed by atoms with Crippen molar-refractivity contribution in [1.82, 2.24) is 5.32 Å². The van der Waals surface area contributed by atoms with Gasteiger partial charge in [-0.15, -0.1) is 0 Å². The van der Waals surface area contributed by atoms with Gasteiger partial charge in [-0.05, 0) is 48.7 Å². The van der Waals surface area contributed by atoms with Crippen molar-refractivity contribution < 1.29 is 4.74 Å². The van der Waals surface area contributed by atoms with E-state index >= 15 is 0 Å². The van der Waals surface area contributed by atoms with Crippen molar-refractivity contribution in [3.05, 3.63) is 64.7 Å². The number of methoxy groups -OCH3 is 1. The maximum absolute atomic E-state index is 5.42. The van der Waals surface area contributed by atoms with Crippen LogP contribution in [0.3, 0.4) is 0 Å². The molecule has 1 N–H and O–H groups in total. The molecule has 0 bridgehead atoms. The molecule has 0 aliphatic carbocycles. The number of benzene rings is 2. The number of hydrogen-bond acceptors (Lipinski definition) is 2. The van der Waals surface area contributed by atoms with E-state index in [4.69, 9.17) is 4.74 Å². The van der Waals surface area contributed by atoms with Crippen LogP contribution >= 0.6 is 0 Å². The number of rotatable bonds is 5. The quantitative estimate of drug-likeness (QED) is 0.889. The van der Waals surface area contributed by atoms with E-state index in [1.807, 2.05) is 7.05 Å².